The Morgan fingerprint density at radius 3 is 1.20 bits per heavy atom. The molecule has 0 aliphatic heterocycles. The van der Waals surface area contributed by atoms with Gasteiger partial charge in [-0.05, 0) is 69.2 Å². The SMILES string of the molecule is CC.CC.CC(C)(C)c1nccn1C(C)(C)C.CC(C)(C)c1nncn1C(C)(C)C.Cc1nc(C(C)(C)C)n(C(C)(C)C)n1. The number of aryl methyl sites for hydroxylation is 1. The van der Waals surface area contributed by atoms with Crippen molar-refractivity contribution >= 4 is 0 Å². The van der Waals surface area contributed by atoms with E-state index in [1.165, 1.54) is 0 Å². The van der Waals surface area contributed by atoms with Gasteiger partial charge in [0.1, 0.15) is 29.6 Å². The van der Waals surface area contributed by atoms with E-state index in [1.54, 1.807) is 6.33 Å². The Bertz CT molecular complexity index is 1050. The van der Waals surface area contributed by atoms with Gasteiger partial charge in [-0.2, -0.15) is 5.10 Å². The van der Waals surface area contributed by atoms with Gasteiger partial charge in [-0.25, -0.2) is 14.6 Å². The highest BCUT2D eigenvalue weighted by molar-refractivity contribution is 5.08. The second-order valence-corrected chi connectivity index (χ2v) is 16.8. The van der Waals surface area contributed by atoms with Crippen LogP contribution >= 0.6 is 0 Å². The number of nitrogens with zero attached hydrogens (tertiary/aromatic N) is 8. The van der Waals surface area contributed by atoms with Crippen molar-refractivity contribution < 1.29 is 0 Å². The van der Waals surface area contributed by atoms with Crippen molar-refractivity contribution in [3.05, 3.63) is 42.0 Å². The molecule has 0 radical (unpaired) electrons. The molecule has 44 heavy (non-hydrogen) atoms. The van der Waals surface area contributed by atoms with Crippen LogP contribution < -0.4 is 0 Å². The van der Waals surface area contributed by atoms with Gasteiger partial charge in [-0.1, -0.05) is 90.0 Å². The molecule has 3 heterocycles. The summed E-state index contributed by atoms with van der Waals surface area (Å²) >= 11 is 0. The predicted molar refractivity (Wildman–Crippen MR) is 191 cm³/mol. The van der Waals surface area contributed by atoms with Crippen LogP contribution in [0.15, 0.2) is 18.7 Å². The normalized spacial score (nSPS) is 12.4. The van der Waals surface area contributed by atoms with Crippen LogP contribution in [0.3, 0.4) is 0 Å². The van der Waals surface area contributed by atoms with E-state index >= 15 is 0 Å². The summed E-state index contributed by atoms with van der Waals surface area (Å²) in [7, 11) is 0. The Labute approximate surface area is 272 Å². The standard InChI is InChI=1S/C11H21N3.C11H20N2.C10H19N3.2C2H6/c1-8-12-9(10(2,3)4)14(13-8)11(5,6)7;1-10(2,3)9-12-7-8-13(9)11(4,5)6;1-9(2,3)8-12-11-7-13(8)10(4,5)6;2*1-2/h1-7H3;7-8H,1-6H3;7H,1-6H3;2*1-2H3. The van der Waals surface area contributed by atoms with Crippen LogP contribution in [0.2, 0.25) is 0 Å². The molecule has 0 saturated heterocycles. The molecule has 0 atom stereocenters. The average Bonchev–Trinajstić information content (AvgIpc) is 3.59. The van der Waals surface area contributed by atoms with E-state index in [9.17, 15) is 0 Å². The van der Waals surface area contributed by atoms with Crippen molar-refractivity contribution in [2.75, 3.05) is 0 Å². The van der Waals surface area contributed by atoms with Crippen LogP contribution in [-0.2, 0) is 32.9 Å². The molecule has 0 fully saturated rings. The summed E-state index contributed by atoms with van der Waals surface area (Å²) in [5.41, 5.74) is 0.421. The van der Waals surface area contributed by atoms with Crippen molar-refractivity contribution in [3.63, 3.8) is 0 Å². The first kappa shape index (κ1) is 43.6. The lowest BCUT2D eigenvalue weighted by Gasteiger charge is -2.28. The molecule has 0 N–H and O–H groups in total. The van der Waals surface area contributed by atoms with Gasteiger partial charge in [0.2, 0.25) is 0 Å². The first-order valence-electron chi connectivity index (χ1n) is 16.5. The Balaban J connectivity index is 0. The molecule has 0 amide bonds. The molecule has 0 saturated carbocycles. The quantitative estimate of drug-likeness (QED) is 0.251. The second-order valence-electron chi connectivity index (χ2n) is 16.8. The topological polar surface area (TPSA) is 79.2 Å². The van der Waals surface area contributed by atoms with E-state index < -0.39 is 0 Å². The lowest BCUT2D eigenvalue weighted by molar-refractivity contribution is 0.317. The summed E-state index contributed by atoms with van der Waals surface area (Å²) < 4.78 is 6.41. The third-order valence-corrected chi connectivity index (χ3v) is 5.99. The van der Waals surface area contributed by atoms with Gasteiger partial charge in [0, 0.05) is 39.7 Å². The monoisotopic (exact) mass is 617 g/mol. The number of hydrogen-bond acceptors (Lipinski definition) is 5. The van der Waals surface area contributed by atoms with Crippen LogP contribution in [-0.4, -0.2) is 39.1 Å². The molecule has 0 aromatic carbocycles. The number of rotatable bonds is 0. The van der Waals surface area contributed by atoms with Gasteiger partial charge in [0.25, 0.3) is 0 Å². The summed E-state index contributed by atoms with van der Waals surface area (Å²) in [6.45, 7) is 49.0. The van der Waals surface area contributed by atoms with E-state index in [0.717, 1.165) is 23.3 Å². The molecule has 0 aliphatic rings. The van der Waals surface area contributed by atoms with Gasteiger partial charge in [0.05, 0.1) is 5.54 Å². The molecule has 8 heteroatoms. The predicted octanol–water partition coefficient (Wildman–Crippen LogP) is 9.96. The largest absolute Gasteiger partial charge is 0.329 e. The fourth-order valence-electron chi connectivity index (χ4n) is 4.01. The zero-order chi connectivity index (χ0) is 35.7. The Kier molecular flexibility index (Phi) is 16.0. The van der Waals surface area contributed by atoms with Crippen LogP contribution in [0, 0.1) is 6.92 Å². The van der Waals surface area contributed by atoms with Gasteiger partial charge in [0.15, 0.2) is 0 Å². The summed E-state index contributed by atoms with van der Waals surface area (Å²) in [6.07, 6.45) is 5.74. The van der Waals surface area contributed by atoms with Crippen molar-refractivity contribution in [2.24, 2.45) is 0 Å². The van der Waals surface area contributed by atoms with Crippen molar-refractivity contribution in [1.82, 2.24) is 39.1 Å². The Hall–Kier alpha value is -2.51. The highest BCUT2D eigenvalue weighted by atomic mass is 15.4. The zero-order valence-electron chi connectivity index (χ0n) is 33.3. The number of imidazole rings is 1. The number of hydrogen-bond donors (Lipinski definition) is 0. The average molecular weight is 617 g/mol. The van der Waals surface area contributed by atoms with Gasteiger partial charge < -0.3 is 9.13 Å². The molecule has 0 aliphatic carbocycles. The molecule has 8 nitrogen and oxygen atoms in total. The van der Waals surface area contributed by atoms with E-state index in [-0.39, 0.29) is 32.9 Å². The second kappa shape index (κ2) is 16.2. The summed E-state index contributed by atoms with van der Waals surface area (Å²) in [4.78, 5) is 8.92. The first-order chi connectivity index (χ1) is 19.6. The molecule has 0 spiro atoms. The maximum absolute atomic E-state index is 4.50. The molecule has 256 valence electrons. The molecule has 0 unspecified atom stereocenters. The maximum Gasteiger partial charge on any atom is 0.147 e. The zero-order valence-corrected chi connectivity index (χ0v) is 33.3. The Morgan fingerprint density at radius 1 is 0.523 bits per heavy atom. The van der Waals surface area contributed by atoms with Gasteiger partial charge in [-0.15, -0.1) is 10.2 Å². The lowest BCUT2D eigenvalue weighted by Crippen LogP contribution is -2.30. The van der Waals surface area contributed by atoms with E-state index in [2.05, 4.69) is 165 Å². The van der Waals surface area contributed by atoms with Gasteiger partial charge >= 0.3 is 0 Å². The fraction of sp³-hybridized carbons (Fsp3) is 0.806. The summed E-state index contributed by atoms with van der Waals surface area (Å²) in [5.74, 6) is 4.10. The van der Waals surface area contributed by atoms with Crippen LogP contribution in [0.1, 0.15) is 176 Å². The maximum atomic E-state index is 4.50. The molecule has 3 aromatic heterocycles. The van der Waals surface area contributed by atoms with Crippen LogP contribution in [0.5, 0.6) is 0 Å². The smallest absolute Gasteiger partial charge is 0.147 e. The minimum atomic E-state index is 0.00384. The molecule has 3 aromatic rings. The van der Waals surface area contributed by atoms with Crippen molar-refractivity contribution in [3.8, 4) is 0 Å². The minimum absolute atomic E-state index is 0.00384. The van der Waals surface area contributed by atoms with Crippen molar-refractivity contribution in [1.29, 1.82) is 0 Å². The molecular weight excluding hydrogens is 544 g/mol. The molecular formula is C36H72N8. The summed E-state index contributed by atoms with van der Waals surface area (Å²) in [5, 5.41) is 12.6. The van der Waals surface area contributed by atoms with Crippen LogP contribution in [0.4, 0.5) is 0 Å². The van der Waals surface area contributed by atoms with E-state index in [0.29, 0.717) is 0 Å². The number of aromatic nitrogens is 8. The third kappa shape index (κ3) is 13.6. The molecule has 3 rings (SSSR count). The van der Waals surface area contributed by atoms with E-state index in [1.807, 2.05) is 45.5 Å². The summed E-state index contributed by atoms with van der Waals surface area (Å²) in [6, 6.07) is 0. The molecule has 0 bridgehead atoms. The highest BCUT2D eigenvalue weighted by Gasteiger charge is 2.28. The van der Waals surface area contributed by atoms with Gasteiger partial charge in [-0.3, -0.25) is 0 Å². The minimum Gasteiger partial charge on any atom is -0.329 e. The first-order valence-corrected chi connectivity index (χ1v) is 16.5. The lowest BCUT2D eigenvalue weighted by atomic mass is 9.94. The highest BCUT2D eigenvalue weighted by Crippen LogP contribution is 2.27. The fourth-order valence-corrected chi connectivity index (χ4v) is 4.01. The third-order valence-electron chi connectivity index (χ3n) is 5.99. The Morgan fingerprint density at radius 2 is 0.932 bits per heavy atom. The van der Waals surface area contributed by atoms with Crippen molar-refractivity contribution in [2.45, 2.75) is 192 Å². The van der Waals surface area contributed by atoms with Crippen LogP contribution in [0.25, 0.3) is 0 Å². The van der Waals surface area contributed by atoms with E-state index in [4.69, 9.17) is 0 Å².